The first-order chi connectivity index (χ1) is 18.4. The molecular formula is C29H36F3N3O4. The van der Waals surface area contributed by atoms with Crippen LogP contribution in [0.1, 0.15) is 60.7 Å². The second kappa shape index (κ2) is 13.3. The van der Waals surface area contributed by atoms with E-state index in [9.17, 15) is 28.2 Å². The van der Waals surface area contributed by atoms with Gasteiger partial charge < -0.3 is 19.8 Å². The van der Waals surface area contributed by atoms with Gasteiger partial charge in [0.2, 0.25) is 5.88 Å². The summed E-state index contributed by atoms with van der Waals surface area (Å²) in [6.07, 6.45) is -2.86. The number of hydrogen-bond donors (Lipinski definition) is 2. The number of benzene rings is 1. The first-order valence-corrected chi connectivity index (χ1v) is 13.1. The predicted molar refractivity (Wildman–Crippen MR) is 141 cm³/mol. The number of aromatic nitrogens is 1. The fourth-order valence-electron chi connectivity index (χ4n) is 4.43. The number of hydrogen-bond acceptors (Lipinski definition) is 6. The van der Waals surface area contributed by atoms with Crippen molar-refractivity contribution in [2.45, 2.75) is 64.6 Å². The Labute approximate surface area is 227 Å². The molecule has 0 aliphatic carbocycles. The van der Waals surface area contributed by atoms with Gasteiger partial charge in [-0.15, -0.1) is 0 Å². The molecule has 0 bridgehead atoms. The van der Waals surface area contributed by atoms with E-state index in [4.69, 9.17) is 4.74 Å². The second-order valence-electron chi connectivity index (χ2n) is 10.2. The van der Waals surface area contributed by atoms with E-state index in [0.29, 0.717) is 30.6 Å². The van der Waals surface area contributed by atoms with E-state index in [1.165, 1.54) is 12.3 Å². The summed E-state index contributed by atoms with van der Waals surface area (Å²) in [5.74, 6) is 5.22. The highest BCUT2D eigenvalue weighted by Gasteiger charge is 2.34. The van der Waals surface area contributed by atoms with Crippen molar-refractivity contribution in [3.05, 3.63) is 58.8 Å². The van der Waals surface area contributed by atoms with Crippen LogP contribution in [0, 0.1) is 17.8 Å². The fraction of sp³-hybridized carbons (Fsp3) is 0.517. The molecule has 0 saturated heterocycles. The van der Waals surface area contributed by atoms with Gasteiger partial charge in [-0.05, 0) is 38.1 Å². The van der Waals surface area contributed by atoms with Crippen LogP contribution in [-0.2, 0) is 12.7 Å². The summed E-state index contributed by atoms with van der Waals surface area (Å²) in [6.45, 7) is 6.31. The smallest absolute Gasteiger partial charge is 0.416 e. The number of pyridine rings is 1. The number of alkyl halides is 3. The van der Waals surface area contributed by atoms with Crippen LogP contribution in [0.3, 0.4) is 0 Å². The maximum absolute atomic E-state index is 13.5. The van der Waals surface area contributed by atoms with Gasteiger partial charge in [-0.2, -0.15) is 13.2 Å². The molecule has 39 heavy (non-hydrogen) atoms. The highest BCUT2D eigenvalue weighted by molar-refractivity contribution is 5.97. The van der Waals surface area contributed by atoms with Gasteiger partial charge in [-0.3, -0.25) is 9.69 Å². The maximum atomic E-state index is 13.5. The molecule has 2 aromatic rings. The van der Waals surface area contributed by atoms with Gasteiger partial charge in [0.1, 0.15) is 17.8 Å². The van der Waals surface area contributed by atoms with Gasteiger partial charge in [0.05, 0.1) is 18.2 Å². The lowest BCUT2D eigenvalue weighted by Crippen LogP contribution is -2.49. The average Bonchev–Trinajstić information content (AvgIpc) is 2.89. The molecule has 1 aromatic carbocycles. The quantitative estimate of drug-likeness (QED) is 0.487. The lowest BCUT2D eigenvalue weighted by atomic mass is 9.99. The third-order valence-corrected chi connectivity index (χ3v) is 6.66. The van der Waals surface area contributed by atoms with E-state index in [1.807, 2.05) is 18.7 Å². The Morgan fingerprint density at radius 3 is 2.72 bits per heavy atom. The number of aliphatic hydroxyl groups excluding tert-OH is 2. The molecule has 1 amide bonds. The summed E-state index contributed by atoms with van der Waals surface area (Å²) in [6, 6.07) is 6.34. The Kier molecular flexibility index (Phi) is 10.4. The zero-order valence-electron chi connectivity index (χ0n) is 22.7. The summed E-state index contributed by atoms with van der Waals surface area (Å²) >= 11 is 0. The third kappa shape index (κ3) is 8.18. The van der Waals surface area contributed by atoms with Crippen molar-refractivity contribution < 1.29 is 32.9 Å². The minimum absolute atomic E-state index is 0.124. The van der Waals surface area contributed by atoms with Gasteiger partial charge in [0.15, 0.2) is 0 Å². The Balaban J connectivity index is 1.88. The van der Waals surface area contributed by atoms with Crippen LogP contribution in [0.2, 0.25) is 0 Å². The van der Waals surface area contributed by atoms with Crippen molar-refractivity contribution in [3.8, 4) is 17.7 Å². The van der Waals surface area contributed by atoms with E-state index in [2.05, 4.69) is 16.8 Å². The summed E-state index contributed by atoms with van der Waals surface area (Å²) in [5, 5.41) is 19.8. The molecule has 1 unspecified atom stereocenters. The molecule has 3 rings (SSSR count). The molecule has 0 spiro atoms. The van der Waals surface area contributed by atoms with Crippen molar-refractivity contribution in [2.24, 2.45) is 5.92 Å². The monoisotopic (exact) mass is 547 g/mol. The predicted octanol–water partition coefficient (Wildman–Crippen LogP) is 3.97. The molecule has 1 aliphatic heterocycles. The Morgan fingerprint density at radius 1 is 1.31 bits per heavy atom. The van der Waals surface area contributed by atoms with Gasteiger partial charge in [-0.1, -0.05) is 50.3 Å². The molecule has 1 aliphatic rings. The van der Waals surface area contributed by atoms with Crippen LogP contribution in [0.15, 0.2) is 36.5 Å². The molecule has 7 nitrogen and oxygen atoms in total. The van der Waals surface area contributed by atoms with Crippen molar-refractivity contribution in [2.75, 3.05) is 26.7 Å². The van der Waals surface area contributed by atoms with E-state index in [0.717, 1.165) is 18.6 Å². The minimum atomic E-state index is -4.42. The zero-order chi connectivity index (χ0) is 28.7. The van der Waals surface area contributed by atoms with Gasteiger partial charge in [0, 0.05) is 37.3 Å². The molecule has 212 valence electrons. The summed E-state index contributed by atoms with van der Waals surface area (Å²) in [4.78, 5) is 21.3. The highest BCUT2D eigenvalue weighted by Crippen LogP contribution is 2.30. The largest absolute Gasteiger partial charge is 0.472 e. The molecule has 0 fully saturated rings. The van der Waals surface area contributed by atoms with Crippen LogP contribution < -0.4 is 4.74 Å². The number of likely N-dealkylation sites (N-methyl/N-ethyl adjacent to an activating group) is 1. The van der Waals surface area contributed by atoms with E-state index in [1.54, 1.807) is 31.0 Å². The SMILES string of the molecule is CCCC(O)C#Cc1cnc2c(c1)C(=O)N([C@H](C)CO)C[C@H](C)[C@H](CN(C)Cc1cccc(C(F)(F)F)c1)O2. The molecule has 2 heterocycles. The molecule has 0 saturated carbocycles. The molecule has 0 radical (unpaired) electrons. The lowest BCUT2D eigenvalue weighted by Gasteiger charge is -2.37. The van der Waals surface area contributed by atoms with Gasteiger partial charge in [-0.25, -0.2) is 4.98 Å². The molecule has 10 heteroatoms. The van der Waals surface area contributed by atoms with E-state index >= 15 is 0 Å². The number of fused-ring (bicyclic) bond motifs is 1. The van der Waals surface area contributed by atoms with E-state index < -0.39 is 30.0 Å². The summed E-state index contributed by atoms with van der Waals surface area (Å²) in [7, 11) is 1.79. The number of amides is 1. The number of ether oxygens (including phenoxy) is 1. The van der Waals surface area contributed by atoms with Crippen LogP contribution in [0.25, 0.3) is 0 Å². The minimum Gasteiger partial charge on any atom is -0.472 e. The number of rotatable bonds is 8. The van der Waals surface area contributed by atoms with Crippen LogP contribution in [0.5, 0.6) is 5.88 Å². The lowest BCUT2D eigenvalue weighted by molar-refractivity contribution is -0.137. The first-order valence-electron chi connectivity index (χ1n) is 13.1. The summed E-state index contributed by atoms with van der Waals surface area (Å²) in [5.41, 5.74) is 0.465. The van der Waals surface area contributed by atoms with Crippen LogP contribution in [0.4, 0.5) is 13.2 Å². The first kappa shape index (κ1) is 30.4. The molecule has 2 N–H and O–H groups in total. The fourth-order valence-corrected chi connectivity index (χ4v) is 4.43. The number of carbonyl (C=O) groups excluding carboxylic acids is 1. The Bertz CT molecular complexity index is 1190. The normalized spacial score (nSPS) is 19.3. The molecule has 4 atom stereocenters. The molecule has 1 aromatic heterocycles. The second-order valence-corrected chi connectivity index (χ2v) is 10.2. The van der Waals surface area contributed by atoms with E-state index in [-0.39, 0.29) is 36.4 Å². The topological polar surface area (TPSA) is 86.1 Å². The summed E-state index contributed by atoms with van der Waals surface area (Å²) < 4.78 is 45.7. The third-order valence-electron chi connectivity index (χ3n) is 6.66. The van der Waals surface area contributed by atoms with Crippen molar-refractivity contribution in [1.82, 2.24) is 14.8 Å². The zero-order valence-corrected chi connectivity index (χ0v) is 22.7. The number of nitrogens with zero attached hydrogens (tertiary/aromatic N) is 3. The number of carbonyl (C=O) groups is 1. The molecular weight excluding hydrogens is 511 g/mol. The van der Waals surface area contributed by atoms with Crippen LogP contribution >= 0.6 is 0 Å². The number of halogens is 3. The Morgan fingerprint density at radius 2 is 2.05 bits per heavy atom. The average molecular weight is 548 g/mol. The van der Waals surface area contributed by atoms with Crippen molar-refractivity contribution >= 4 is 5.91 Å². The van der Waals surface area contributed by atoms with Crippen molar-refractivity contribution in [1.29, 1.82) is 0 Å². The Hall–Kier alpha value is -3.13. The highest BCUT2D eigenvalue weighted by atomic mass is 19.4. The standard InChI is InChI=1S/C29H36F3N3O4/c1-5-7-24(37)11-10-21-13-25-27(33-14-21)39-26(19(2)15-35(28(25)38)20(3)18-36)17-34(4)16-22-8-6-9-23(12-22)29(30,31)32/h6,8-9,12-14,19-20,24,26,36-37H,5,7,15-18H2,1-4H3/t19-,20+,24?,26-/m0/s1. The number of aliphatic hydroxyl groups is 2. The van der Waals surface area contributed by atoms with Crippen molar-refractivity contribution in [3.63, 3.8) is 0 Å². The van der Waals surface area contributed by atoms with Crippen LogP contribution in [-0.4, -0.2) is 75.9 Å². The van der Waals surface area contributed by atoms with Gasteiger partial charge in [0.25, 0.3) is 5.91 Å². The van der Waals surface area contributed by atoms with Gasteiger partial charge >= 0.3 is 6.18 Å². The maximum Gasteiger partial charge on any atom is 0.416 e.